The van der Waals surface area contributed by atoms with E-state index in [9.17, 15) is 9.59 Å². The largest absolute Gasteiger partial charge is 0.342 e. The van der Waals surface area contributed by atoms with Crippen LogP contribution in [0.5, 0.6) is 0 Å². The lowest BCUT2D eigenvalue weighted by atomic mass is 10.0. The summed E-state index contributed by atoms with van der Waals surface area (Å²) in [5.41, 5.74) is 1.03. The summed E-state index contributed by atoms with van der Waals surface area (Å²) in [6, 6.07) is 13.8. The van der Waals surface area contributed by atoms with Crippen molar-refractivity contribution in [1.29, 1.82) is 0 Å². The molecule has 2 N–H and O–H groups in total. The zero-order chi connectivity index (χ0) is 24.0. The molecule has 1 atom stereocenters. The number of nitrogens with zero attached hydrogens (tertiary/aromatic N) is 3. The molecule has 1 heterocycles. The Morgan fingerprint density at radius 3 is 2.45 bits per heavy atom. The van der Waals surface area contributed by atoms with Crippen molar-refractivity contribution in [2.24, 2.45) is 5.92 Å². The van der Waals surface area contributed by atoms with Crippen molar-refractivity contribution >= 4 is 52.5 Å². The third kappa shape index (κ3) is 6.28. The Morgan fingerprint density at radius 1 is 1.06 bits per heavy atom. The third-order valence-electron chi connectivity index (χ3n) is 4.89. The van der Waals surface area contributed by atoms with Gasteiger partial charge >= 0.3 is 0 Å². The molecule has 7 nitrogen and oxygen atoms in total. The molecular weight excluding hydrogens is 481 g/mol. The second-order valence-electron chi connectivity index (χ2n) is 7.58. The SMILES string of the molecule is CCn1c(SCC(=O)Nc2cccc(Cl)c2Cl)nnc1C(NC(=O)c1ccccc1)C(C)C. The molecule has 0 saturated carbocycles. The molecule has 1 aromatic heterocycles. The Bertz CT molecular complexity index is 1120. The smallest absolute Gasteiger partial charge is 0.251 e. The van der Waals surface area contributed by atoms with Crippen molar-refractivity contribution in [2.75, 3.05) is 11.1 Å². The highest BCUT2D eigenvalue weighted by Gasteiger charge is 2.26. The number of aromatic nitrogens is 3. The maximum atomic E-state index is 12.7. The van der Waals surface area contributed by atoms with E-state index in [1.165, 1.54) is 11.8 Å². The predicted octanol–water partition coefficient (Wildman–Crippen LogP) is 5.46. The fourth-order valence-electron chi connectivity index (χ4n) is 3.19. The van der Waals surface area contributed by atoms with Crippen LogP contribution in [-0.4, -0.2) is 32.3 Å². The molecule has 174 valence electrons. The molecule has 0 fully saturated rings. The number of rotatable bonds is 9. The van der Waals surface area contributed by atoms with Crippen LogP contribution in [0.25, 0.3) is 0 Å². The summed E-state index contributed by atoms with van der Waals surface area (Å²) in [7, 11) is 0. The summed E-state index contributed by atoms with van der Waals surface area (Å²) in [4.78, 5) is 25.2. The number of nitrogens with one attached hydrogen (secondary N) is 2. The zero-order valence-corrected chi connectivity index (χ0v) is 20.8. The number of amides is 2. The van der Waals surface area contributed by atoms with E-state index >= 15 is 0 Å². The van der Waals surface area contributed by atoms with Crippen LogP contribution in [0.1, 0.15) is 43.0 Å². The first-order valence-corrected chi connectivity index (χ1v) is 12.2. The van der Waals surface area contributed by atoms with Crippen molar-refractivity contribution in [3.05, 3.63) is 70.0 Å². The average Bonchev–Trinajstić information content (AvgIpc) is 3.21. The van der Waals surface area contributed by atoms with Gasteiger partial charge in [-0.3, -0.25) is 9.59 Å². The van der Waals surface area contributed by atoms with Gasteiger partial charge in [0.2, 0.25) is 5.91 Å². The Kier molecular flexibility index (Phi) is 8.77. The maximum Gasteiger partial charge on any atom is 0.251 e. The average molecular weight is 506 g/mol. The highest BCUT2D eigenvalue weighted by atomic mass is 35.5. The third-order valence-corrected chi connectivity index (χ3v) is 6.67. The minimum absolute atomic E-state index is 0.0817. The van der Waals surface area contributed by atoms with Crippen LogP contribution >= 0.6 is 35.0 Å². The van der Waals surface area contributed by atoms with Gasteiger partial charge in [0.1, 0.15) is 0 Å². The van der Waals surface area contributed by atoms with Crippen molar-refractivity contribution in [3.8, 4) is 0 Å². The molecule has 2 aromatic carbocycles. The first-order valence-electron chi connectivity index (χ1n) is 10.5. The lowest BCUT2D eigenvalue weighted by Crippen LogP contribution is -2.33. The van der Waals surface area contributed by atoms with Crippen LogP contribution in [-0.2, 0) is 11.3 Å². The molecule has 0 bridgehead atoms. The number of hydrogen-bond donors (Lipinski definition) is 2. The van der Waals surface area contributed by atoms with Gasteiger partial charge in [-0.1, -0.05) is 73.1 Å². The Hall–Kier alpha value is -2.55. The van der Waals surface area contributed by atoms with Crippen LogP contribution in [0.15, 0.2) is 53.7 Å². The van der Waals surface area contributed by atoms with E-state index in [-0.39, 0.29) is 29.5 Å². The molecule has 3 aromatic rings. The summed E-state index contributed by atoms with van der Waals surface area (Å²) in [6.07, 6.45) is 0. The molecule has 0 aliphatic carbocycles. The van der Waals surface area contributed by atoms with Gasteiger partial charge in [-0.05, 0) is 37.1 Å². The van der Waals surface area contributed by atoms with Gasteiger partial charge in [-0.25, -0.2) is 0 Å². The fourth-order valence-corrected chi connectivity index (χ4v) is 4.35. The van der Waals surface area contributed by atoms with E-state index < -0.39 is 0 Å². The van der Waals surface area contributed by atoms with Gasteiger partial charge in [-0.2, -0.15) is 0 Å². The number of anilines is 1. The van der Waals surface area contributed by atoms with Crippen molar-refractivity contribution in [3.63, 3.8) is 0 Å². The van der Waals surface area contributed by atoms with Gasteiger partial charge in [0.05, 0.1) is 27.5 Å². The lowest BCUT2D eigenvalue weighted by Gasteiger charge is -2.22. The Labute approximate surface area is 207 Å². The minimum Gasteiger partial charge on any atom is -0.342 e. The van der Waals surface area contributed by atoms with Crippen molar-refractivity contribution in [1.82, 2.24) is 20.1 Å². The van der Waals surface area contributed by atoms with Gasteiger partial charge < -0.3 is 15.2 Å². The zero-order valence-electron chi connectivity index (χ0n) is 18.5. The molecule has 0 aliphatic rings. The van der Waals surface area contributed by atoms with Gasteiger partial charge in [0.25, 0.3) is 5.91 Å². The molecule has 2 amide bonds. The lowest BCUT2D eigenvalue weighted by molar-refractivity contribution is -0.113. The molecule has 0 radical (unpaired) electrons. The second-order valence-corrected chi connectivity index (χ2v) is 9.31. The van der Waals surface area contributed by atoms with Gasteiger partial charge in [-0.15, -0.1) is 10.2 Å². The normalized spacial score (nSPS) is 11.9. The van der Waals surface area contributed by atoms with Crippen LogP contribution in [0.2, 0.25) is 10.0 Å². The molecule has 1 unspecified atom stereocenters. The number of carbonyl (C=O) groups is 2. The minimum atomic E-state index is -0.335. The summed E-state index contributed by atoms with van der Waals surface area (Å²) < 4.78 is 1.92. The topological polar surface area (TPSA) is 88.9 Å². The quantitative estimate of drug-likeness (QED) is 0.376. The first kappa shape index (κ1) is 25.1. The molecule has 33 heavy (non-hydrogen) atoms. The second kappa shape index (κ2) is 11.5. The standard InChI is InChI=1S/C23H25Cl2N5O2S/c1-4-30-21(20(14(2)3)27-22(32)15-9-6-5-7-10-15)28-29-23(30)33-13-18(31)26-17-12-8-11-16(24)19(17)25/h5-12,14,20H,4,13H2,1-3H3,(H,26,31)(H,27,32). The van der Waals surface area contributed by atoms with Gasteiger partial charge in [0.15, 0.2) is 11.0 Å². The molecule has 0 saturated heterocycles. The van der Waals surface area contributed by atoms with Gasteiger partial charge in [0, 0.05) is 12.1 Å². The molecular formula is C23H25Cl2N5O2S. The highest BCUT2D eigenvalue weighted by Crippen LogP contribution is 2.30. The predicted molar refractivity (Wildman–Crippen MR) is 133 cm³/mol. The van der Waals surface area contributed by atoms with E-state index in [1.54, 1.807) is 30.3 Å². The van der Waals surface area contributed by atoms with Crippen LogP contribution in [0.4, 0.5) is 5.69 Å². The van der Waals surface area contributed by atoms with E-state index in [1.807, 2.05) is 43.5 Å². The van der Waals surface area contributed by atoms with E-state index in [4.69, 9.17) is 23.2 Å². The fraction of sp³-hybridized carbons (Fsp3) is 0.304. The summed E-state index contributed by atoms with van der Waals surface area (Å²) >= 11 is 13.4. The summed E-state index contributed by atoms with van der Waals surface area (Å²) in [6.45, 7) is 6.59. The first-order chi connectivity index (χ1) is 15.8. The number of thioether (sulfide) groups is 1. The molecule has 3 rings (SSSR count). The number of halogens is 2. The van der Waals surface area contributed by atoms with Crippen molar-refractivity contribution in [2.45, 2.75) is 38.5 Å². The van der Waals surface area contributed by atoms with Crippen LogP contribution in [0.3, 0.4) is 0 Å². The Balaban J connectivity index is 1.71. The van der Waals surface area contributed by atoms with Crippen LogP contribution < -0.4 is 10.6 Å². The number of hydrogen-bond acceptors (Lipinski definition) is 5. The Morgan fingerprint density at radius 2 is 1.79 bits per heavy atom. The number of carbonyl (C=O) groups excluding carboxylic acids is 2. The van der Waals surface area contributed by atoms with E-state index in [0.717, 1.165) is 0 Å². The van der Waals surface area contributed by atoms with Crippen molar-refractivity contribution < 1.29 is 9.59 Å². The summed E-state index contributed by atoms with van der Waals surface area (Å²) in [5.74, 6) is 0.431. The monoisotopic (exact) mass is 505 g/mol. The van der Waals surface area contributed by atoms with E-state index in [0.29, 0.717) is 38.8 Å². The molecule has 0 spiro atoms. The molecule has 0 aliphatic heterocycles. The number of benzene rings is 2. The van der Waals surface area contributed by atoms with E-state index in [2.05, 4.69) is 20.8 Å². The summed E-state index contributed by atoms with van der Waals surface area (Å²) in [5, 5.41) is 15.7. The highest BCUT2D eigenvalue weighted by molar-refractivity contribution is 7.99. The van der Waals surface area contributed by atoms with Crippen LogP contribution in [0, 0.1) is 5.92 Å². The molecule has 10 heteroatoms. The maximum absolute atomic E-state index is 12.7.